The van der Waals surface area contributed by atoms with Gasteiger partial charge in [-0.15, -0.1) is 0 Å². The number of benzene rings is 1. The Morgan fingerprint density at radius 3 is 2.42 bits per heavy atom. The molecule has 5 heteroatoms. The van der Waals surface area contributed by atoms with E-state index >= 15 is 0 Å². The van der Waals surface area contributed by atoms with E-state index in [1.165, 1.54) is 6.26 Å². The van der Waals surface area contributed by atoms with Gasteiger partial charge in [0.2, 0.25) is 0 Å². The van der Waals surface area contributed by atoms with Gasteiger partial charge in [-0.1, -0.05) is 38.4 Å². The lowest BCUT2D eigenvalue weighted by Gasteiger charge is -2.17. The van der Waals surface area contributed by atoms with Crippen molar-refractivity contribution < 1.29 is 8.42 Å². The van der Waals surface area contributed by atoms with Gasteiger partial charge in [-0.25, -0.2) is 8.42 Å². The Kier molecular flexibility index (Phi) is 5.83. The molecule has 0 amide bonds. The first-order valence-electron chi connectivity index (χ1n) is 6.41. The largest absolute Gasteiger partial charge is 0.312 e. The molecule has 108 valence electrons. The van der Waals surface area contributed by atoms with Crippen LogP contribution in [-0.2, 0) is 16.4 Å². The summed E-state index contributed by atoms with van der Waals surface area (Å²) in [4.78, 5) is 0.310. The maximum atomic E-state index is 11.7. The van der Waals surface area contributed by atoms with Crippen molar-refractivity contribution in [2.45, 2.75) is 32.2 Å². The Bertz CT molecular complexity index is 526. The third kappa shape index (κ3) is 4.79. The maximum Gasteiger partial charge on any atom is 0.175 e. The van der Waals surface area contributed by atoms with Gasteiger partial charge in [0.15, 0.2) is 9.84 Å². The first-order valence-corrected chi connectivity index (χ1v) is 8.68. The Morgan fingerprint density at radius 2 is 1.89 bits per heavy atom. The van der Waals surface area contributed by atoms with Crippen LogP contribution < -0.4 is 5.32 Å². The van der Waals surface area contributed by atoms with Gasteiger partial charge in [-0.3, -0.25) is 0 Å². The van der Waals surface area contributed by atoms with Crippen LogP contribution in [0.15, 0.2) is 23.1 Å². The summed E-state index contributed by atoms with van der Waals surface area (Å²) >= 11 is 6.11. The molecule has 0 aliphatic rings. The average molecular weight is 304 g/mol. The minimum absolute atomic E-state index is 0.310. The van der Waals surface area contributed by atoms with Gasteiger partial charge in [0.1, 0.15) is 0 Å². The van der Waals surface area contributed by atoms with Crippen LogP contribution in [0, 0.1) is 11.8 Å². The van der Waals surface area contributed by atoms with Crippen LogP contribution in [0.4, 0.5) is 0 Å². The second-order valence-corrected chi connectivity index (χ2v) is 7.73. The quantitative estimate of drug-likeness (QED) is 0.878. The second kappa shape index (κ2) is 6.73. The fraction of sp³-hybridized carbons (Fsp3) is 0.571. The summed E-state index contributed by atoms with van der Waals surface area (Å²) in [6, 6.07) is 4.99. The molecule has 0 saturated heterocycles. The van der Waals surface area contributed by atoms with E-state index in [1.54, 1.807) is 18.2 Å². The van der Waals surface area contributed by atoms with Crippen LogP contribution in [0.1, 0.15) is 26.3 Å². The predicted molar refractivity (Wildman–Crippen MR) is 80.3 cm³/mol. The van der Waals surface area contributed by atoms with E-state index in [1.807, 2.05) is 0 Å². The topological polar surface area (TPSA) is 46.2 Å². The molecule has 1 N–H and O–H groups in total. The molecular weight excluding hydrogens is 282 g/mol. The fourth-order valence-electron chi connectivity index (χ4n) is 1.72. The van der Waals surface area contributed by atoms with Crippen LogP contribution in [0.2, 0.25) is 5.02 Å². The highest BCUT2D eigenvalue weighted by atomic mass is 35.5. The smallest absolute Gasteiger partial charge is 0.175 e. The molecule has 0 aliphatic carbocycles. The van der Waals surface area contributed by atoms with Crippen LogP contribution in [0.25, 0.3) is 0 Å². The van der Waals surface area contributed by atoms with Crippen LogP contribution in [0.5, 0.6) is 0 Å². The number of hydrogen-bond donors (Lipinski definition) is 1. The third-order valence-corrected chi connectivity index (χ3v) is 4.92. The standard InChI is InChI=1S/C14H22ClNO2S/c1-10(2)11(3)8-16-9-12-13(15)6-5-7-14(12)19(4,17)18/h5-7,10-11,16H,8-9H2,1-4H3. The SMILES string of the molecule is CC(C)C(C)CNCc1c(Cl)cccc1S(C)(=O)=O. The average Bonchev–Trinajstić information content (AvgIpc) is 2.29. The van der Waals surface area contributed by atoms with E-state index in [4.69, 9.17) is 11.6 Å². The lowest BCUT2D eigenvalue weighted by Crippen LogP contribution is -2.24. The molecule has 1 rings (SSSR count). The normalized spacial score (nSPS) is 13.8. The molecule has 1 aromatic rings. The molecule has 0 saturated carbocycles. The number of sulfone groups is 1. The predicted octanol–water partition coefficient (Wildman–Crippen LogP) is 3.13. The molecule has 3 nitrogen and oxygen atoms in total. The summed E-state index contributed by atoms with van der Waals surface area (Å²) < 4.78 is 23.4. The van der Waals surface area contributed by atoms with Gasteiger partial charge in [-0.2, -0.15) is 0 Å². The van der Waals surface area contributed by atoms with Crippen molar-refractivity contribution in [1.82, 2.24) is 5.32 Å². The molecule has 0 heterocycles. The van der Waals surface area contributed by atoms with Crippen LogP contribution in [0.3, 0.4) is 0 Å². The summed E-state index contributed by atoms with van der Waals surface area (Å²) in [5, 5.41) is 3.78. The zero-order valence-electron chi connectivity index (χ0n) is 11.9. The molecule has 0 fully saturated rings. The Morgan fingerprint density at radius 1 is 1.26 bits per heavy atom. The summed E-state index contributed by atoms with van der Waals surface area (Å²) in [7, 11) is -3.25. The second-order valence-electron chi connectivity index (χ2n) is 5.34. The highest BCUT2D eigenvalue weighted by Crippen LogP contribution is 2.24. The van der Waals surface area contributed by atoms with E-state index < -0.39 is 9.84 Å². The minimum atomic E-state index is -3.25. The van der Waals surface area contributed by atoms with Gasteiger partial charge in [0, 0.05) is 23.4 Å². The van der Waals surface area contributed by atoms with E-state index in [0.29, 0.717) is 33.9 Å². The molecule has 0 aromatic heterocycles. The van der Waals surface area contributed by atoms with Crippen molar-refractivity contribution in [3.63, 3.8) is 0 Å². The van der Waals surface area contributed by atoms with Gasteiger partial charge < -0.3 is 5.32 Å². The zero-order valence-corrected chi connectivity index (χ0v) is 13.5. The molecule has 0 bridgehead atoms. The highest BCUT2D eigenvalue weighted by Gasteiger charge is 2.16. The number of rotatable bonds is 6. The van der Waals surface area contributed by atoms with E-state index in [9.17, 15) is 8.42 Å². The fourth-order valence-corrected chi connectivity index (χ4v) is 2.97. The van der Waals surface area contributed by atoms with E-state index in [2.05, 4.69) is 26.1 Å². The first kappa shape index (κ1) is 16.5. The molecule has 0 radical (unpaired) electrons. The van der Waals surface area contributed by atoms with Gasteiger partial charge in [0.25, 0.3) is 0 Å². The Hall–Kier alpha value is -0.580. The highest BCUT2D eigenvalue weighted by molar-refractivity contribution is 7.90. The van der Waals surface area contributed by atoms with E-state index in [-0.39, 0.29) is 0 Å². The van der Waals surface area contributed by atoms with Gasteiger partial charge >= 0.3 is 0 Å². The molecule has 0 spiro atoms. The Labute approximate surface area is 121 Å². The number of nitrogens with one attached hydrogen (secondary N) is 1. The van der Waals surface area contributed by atoms with Crippen LogP contribution >= 0.6 is 11.6 Å². The van der Waals surface area contributed by atoms with Crippen LogP contribution in [-0.4, -0.2) is 21.2 Å². The summed E-state index contributed by atoms with van der Waals surface area (Å²) in [5.41, 5.74) is 0.655. The van der Waals surface area contributed by atoms with Crippen molar-refractivity contribution in [2.75, 3.05) is 12.8 Å². The van der Waals surface area contributed by atoms with Crippen molar-refractivity contribution in [3.05, 3.63) is 28.8 Å². The minimum Gasteiger partial charge on any atom is -0.312 e. The first-order chi connectivity index (χ1) is 8.73. The van der Waals surface area contributed by atoms with Crippen molar-refractivity contribution in [2.24, 2.45) is 11.8 Å². The molecule has 1 aromatic carbocycles. The maximum absolute atomic E-state index is 11.7. The van der Waals surface area contributed by atoms with Crippen molar-refractivity contribution >= 4 is 21.4 Å². The summed E-state index contributed by atoms with van der Waals surface area (Å²) in [6.07, 6.45) is 1.21. The number of hydrogen-bond acceptors (Lipinski definition) is 3. The number of halogens is 1. The lowest BCUT2D eigenvalue weighted by atomic mass is 9.98. The molecule has 19 heavy (non-hydrogen) atoms. The monoisotopic (exact) mass is 303 g/mol. The van der Waals surface area contributed by atoms with E-state index in [0.717, 1.165) is 6.54 Å². The van der Waals surface area contributed by atoms with Gasteiger partial charge in [-0.05, 0) is 30.5 Å². The zero-order chi connectivity index (χ0) is 14.6. The molecule has 1 atom stereocenters. The van der Waals surface area contributed by atoms with Gasteiger partial charge in [0.05, 0.1) is 4.90 Å². The lowest BCUT2D eigenvalue weighted by molar-refractivity contribution is 0.392. The molecular formula is C14H22ClNO2S. The summed E-state index contributed by atoms with van der Waals surface area (Å²) in [5.74, 6) is 1.12. The third-order valence-electron chi connectivity index (χ3n) is 3.38. The molecule has 1 unspecified atom stereocenters. The van der Waals surface area contributed by atoms with Crippen molar-refractivity contribution in [1.29, 1.82) is 0 Å². The molecule has 0 aliphatic heterocycles. The van der Waals surface area contributed by atoms with Crippen molar-refractivity contribution in [3.8, 4) is 0 Å². The Balaban J connectivity index is 2.84. The summed E-state index contributed by atoms with van der Waals surface area (Å²) in [6.45, 7) is 7.82.